The maximum Gasteiger partial charge on any atom is 0.278 e. The molecule has 2 aliphatic carbocycles. The van der Waals surface area contributed by atoms with Gasteiger partial charge in [-0.25, -0.2) is 22.5 Å². The molecule has 12 rings (SSSR count). The van der Waals surface area contributed by atoms with Crippen LogP contribution in [0.15, 0.2) is 64.1 Å². The number of nitrogens with one attached hydrogen (secondary N) is 1. The van der Waals surface area contributed by atoms with Gasteiger partial charge in [-0.3, -0.25) is 19.3 Å². The number of amides is 2. The highest BCUT2D eigenvalue weighted by molar-refractivity contribution is 9.10. The molecular formula is C58H66BrF4N9O4. The minimum Gasteiger partial charge on any atom is -0.378 e. The molecule has 402 valence electrons. The third-order valence-corrected chi connectivity index (χ3v) is 17.0. The van der Waals surface area contributed by atoms with Crippen molar-refractivity contribution >= 4 is 56.3 Å². The molecule has 13 nitrogen and oxygen atoms in total. The van der Waals surface area contributed by atoms with Crippen LogP contribution in [0.1, 0.15) is 108 Å². The predicted octanol–water partition coefficient (Wildman–Crippen LogP) is 10.5. The van der Waals surface area contributed by atoms with Crippen molar-refractivity contribution in [2.24, 2.45) is 7.05 Å². The number of hydrogen-bond donors (Lipinski definition) is 1. The number of rotatable bonds is 9. The van der Waals surface area contributed by atoms with Crippen molar-refractivity contribution in [3.8, 4) is 11.1 Å². The standard InChI is InChI=1S/C38H43F2N7O3.C19H19BrF2N2O.CH4/c1-4-28-30(16-25(39)17-33(28)47-14-13-46-32-8-6-5-7-29(32)35(40)36(46)38(47)49)24-15-31(37(48)43(3)20-24)42-34-10-9-26(18-41-34)45-12-11-44(19-23(45)2)27-21-50-22-27;1-2-12-14(20)9-11(21)10-16(12)24-8-7-23-15-6-4-3-5-13(15)17(22)18(23)19(24)25;/h9-10,15-18,20,23,27H,4-8,11-14,19,21-22H2,1-3H3,(H,41,42);9-10H,2-8H2,1H3;1H4/t23-;;/m0../s1. The highest BCUT2D eigenvalue weighted by atomic mass is 79.9. The monoisotopic (exact) mass is 1110 g/mol. The lowest BCUT2D eigenvalue weighted by atomic mass is 9.95. The number of aromatic nitrogens is 4. The smallest absolute Gasteiger partial charge is 0.278 e. The van der Waals surface area contributed by atoms with E-state index in [9.17, 15) is 23.2 Å². The molecule has 0 spiro atoms. The van der Waals surface area contributed by atoms with Gasteiger partial charge in [0.05, 0.1) is 42.5 Å². The number of aryl methyl sites for hydroxylation is 1. The van der Waals surface area contributed by atoms with Gasteiger partial charge < -0.3 is 38.5 Å². The van der Waals surface area contributed by atoms with Crippen LogP contribution in [0, 0.1) is 23.3 Å². The zero-order chi connectivity index (χ0) is 52.4. The van der Waals surface area contributed by atoms with Crippen molar-refractivity contribution in [2.45, 2.75) is 118 Å². The van der Waals surface area contributed by atoms with Crippen LogP contribution in [0.4, 0.5) is 46.1 Å². The fourth-order valence-corrected chi connectivity index (χ4v) is 13.1. The summed E-state index contributed by atoms with van der Waals surface area (Å²) in [4.78, 5) is 52.9. The minimum atomic E-state index is -0.516. The van der Waals surface area contributed by atoms with Crippen molar-refractivity contribution in [1.29, 1.82) is 0 Å². The summed E-state index contributed by atoms with van der Waals surface area (Å²) in [7, 11) is 1.66. The average molecular weight is 1110 g/mol. The van der Waals surface area contributed by atoms with E-state index in [0.717, 1.165) is 99.6 Å². The van der Waals surface area contributed by atoms with Gasteiger partial charge in [-0.1, -0.05) is 37.2 Å². The van der Waals surface area contributed by atoms with Gasteiger partial charge in [0, 0.05) is 97.7 Å². The first-order chi connectivity index (χ1) is 36.2. The van der Waals surface area contributed by atoms with Crippen LogP contribution in [0.5, 0.6) is 0 Å². The minimum absolute atomic E-state index is 0. The molecule has 6 aliphatic rings. The molecule has 0 saturated carbocycles. The summed E-state index contributed by atoms with van der Waals surface area (Å²) in [5.74, 6) is -2.04. The second kappa shape index (κ2) is 21.6. The SMILES string of the molecule is C.CCc1c(-c2cc(Nc3ccc(N4CCN(C5COC5)C[C@@H]4C)cn3)c(=O)n(C)c2)cc(F)cc1N1CCn2c3c(c(F)c2C1=O)CCCC3.CCc1c(Br)cc(F)cc1N1CCn2c3c(c(F)c2C1=O)CCCC3. The number of halogens is 5. The molecule has 0 unspecified atom stereocenters. The number of benzene rings is 2. The number of pyridine rings is 2. The van der Waals surface area contributed by atoms with Gasteiger partial charge in [0.25, 0.3) is 17.4 Å². The summed E-state index contributed by atoms with van der Waals surface area (Å²) < 4.78 is 71.2. The Bertz CT molecular complexity index is 3290. The largest absolute Gasteiger partial charge is 0.378 e. The number of piperazine rings is 1. The molecule has 1 N–H and O–H groups in total. The van der Waals surface area contributed by atoms with Crippen LogP contribution >= 0.6 is 15.9 Å². The van der Waals surface area contributed by atoms with E-state index in [1.165, 1.54) is 38.6 Å². The lowest BCUT2D eigenvalue weighted by Crippen LogP contribution is -2.59. The first-order valence-electron chi connectivity index (χ1n) is 26.5. The molecule has 0 bridgehead atoms. The Hall–Kier alpha value is -6.24. The molecule has 0 radical (unpaired) electrons. The van der Waals surface area contributed by atoms with Gasteiger partial charge in [-0.2, -0.15) is 0 Å². The lowest BCUT2D eigenvalue weighted by molar-refractivity contribution is -0.0691. The molecule has 18 heteroatoms. The maximum absolute atomic E-state index is 15.6. The van der Waals surface area contributed by atoms with Crippen LogP contribution in [0.2, 0.25) is 0 Å². The summed E-state index contributed by atoms with van der Waals surface area (Å²) >= 11 is 3.38. The molecular weight excluding hydrogens is 1040 g/mol. The zero-order valence-corrected chi connectivity index (χ0v) is 44.5. The van der Waals surface area contributed by atoms with E-state index in [0.29, 0.717) is 114 Å². The fraction of sp³-hybridized carbons (Fsp3) is 0.448. The highest BCUT2D eigenvalue weighted by Gasteiger charge is 2.38. The molecule has 4 aliphatic heterocycles. The Kier molecular flexibility index (Phi) is 15.1. The van der Waals surface area contributed by atoms with Gasteiger partial charge in [0.1, 0.15) is 34.5 Å². The lowest BCUT2D eigenvalue weighted by Gasteiger charge is -2.46. The normalized spacial score (nSPS) is 18.5. The Morgan fingerprint density at radius 3 is 1.84 bits per heavy atom. The third kappa shape index (κ3) is 9.45. The third-order valence-electron chi connectivity index (χ3n) is 16.3. The van der Waals surface area contributed by atoms with Gasteiger partial charge >= 0.3 is 0 Å². The highest BCUT2D eigenvalue weighted by Crippen LogP contribution is 2.40. The van der Waals surface area contributed by atoms with Crippen LogP contribution < -0.4 is 25.6 Å². The quantitative estimate of drug-likeness (QED) is 0.143. The second-order valence-corrected chi connectivity index (χ2v) is 21.5. The number of carbonyl (C=O) groups excluding carboxylic acids is 2. The molecule has 2 fully saturated rings. The molecule has 1 atom stereocenters. The van der Waals surface area contributed by atoms with Crippen LogP contribution in [0.3, 0.4) is 0 Å². The van der Waals surface area contributed by atoms with Gasteiger partial charge in [0.2, 0.25) is 0 Å². The Balaban J connectivity index is 0.000000212. The number of hydrogen-bond acceptors (Lipinski definition) is 8. The van der Waals surface area contributed by atoms with Crippen molar-refractivity contribution in [2.75, 3.05) is 66.0 Å². The zero-order valence-electron chi connectivity index (χ0n) is 42.9. The van der Waals surface area contributed by atoms with E-state index < -0.39 is 23.4 Å². The van der Waals surface area contributed by atoms with Crippen LogP contribution in [-0.4, -0.2) is 93.4 Å². The average Bonchev–Trinajstić information content (AvgIpc) is 3.89. The predicted molar refractivity (Wildman–Crippen MR) is 293 cm³/mol. The van der Waals surface area contributed by atoms with Crippen LogP contribution in [0.25, 0.3) is 11.1 Å². The molecule has 8 heterocycles. The van der Waals surface area contributed by atoms with E-state index in [2.05, 4.69) is 43.0 Å². The topological polar surface area (TPSA) is 113 Å². The number of fused-ring (bicyclic) bond motifs is 6. The molecule has 2 amide bonds. The summed E-state index contributed by atoms with van der Waals surface area (Å²) in [5, 5.41) is 3.19. The molecule has 2 aromatic carbocycles. The first-order valence-corrected chi connectivity index (χ1v) is 27.3. The van der Waals surface area contributed by atoms with E-state index in [-0.39, 0.29) is 36.1 Å². The van der Waals surface area contributed by atoms with Crippen molar-refractivity contribution in [3.63, 3.8) is 0 Å². The van der Waals surface area contributed by atoms with Gasteiger partial charge in [0.15, 0.2) is 11.6 Å². The number of ether oxygens (including phenoxy) is 1. The fourth-order valence-electron chi connectivity index (χ4n) is 12.4. The summed E-state index contributed by atoms with van der Waals surface area (Å²) in [6.45, 7) is 12.3. The molecule has 4 aromatic heterocycles. The van der Waals surface area contributed by atoms with Crippen molar-refractivity contribution in [1.82, 2.24) is 23.6 Å². The van der Waals surface area contributed by atoms with Gasteiger partial charge in [-0.15, -0.1) is 0 Å². The summed E-state index contributed by atoms with van der Waals surface area (Å²) in [6.07, 6.45) is 11.4. The number of carbonyl (C=O) groups is 2. The van der Waals surface area contributed by atoms with E-state index in [4.69, 9.17) is 4.74 Å². The van der Waals surface area contributed by atoms with Crippen LogP contribution in [-0.2, 0) is 63.4 Å². The van der Waals surface area contributed by atoms with E-state index >= 15 is 8.78 Å². The maximum atomic E-state index is 15.6. The Morgan fingerprint density at radius 2 is 1.30 bits per heavy atom. The number of nitrogens with zero attached hydrogens (tertiary/aromatic N) is 8. The van der Waals surface area contributed by atoms with Crippen molar-refractivity contribution < 1.29 is 31.9 Å². The van der Waals surface area contributed by atoms with Crippen molar-refractivity contribution in [3.05, 3.63) is 138 Å². The molecule has 76 heavy (non-hydrogen) atoms. The second-order valence-electron chi connectivity index (χ2n) is 20.7. The summed E-state index contributed by atoms with van der Waals surface area (Å²) in [5.41, 5.74) is 8.27. The Labute approximate surface area is 449 Å². The molecule has 2 saturated heterocycles. The van der Waals surface area contributed by atoms with E-state index in [1.54, 1.807) is 19.3 Å². The first kappa shape index (κ1) is 53.2. The summed E-state index contributed by atoms with van der Waals surface area (Å²) in [6, 6.07) is 12.0. The Morgan fingerprint density at radius 1 is 0.724 bits per heavy atom. The van der Waals surface area contributed by atoms with Gasteiger partial charge in [-0.05, 0) is 130 Å². The van der Waals surface area contributed by atoms with E-state index in [1.807, 2.05) is 41.3 Å². The molecule has 6 aromatic rings. The number of anilines is 5.